The largest absolute Gasteiger partial charge is 0.374 e. The molecule has 0 bridgehead atoms. The van der Waals surface area contributed by atoms with Crippen molar-refractivity contribution in [3.8, 4) is 0 Å². The number of ether oxygens (including phenoxy) is 1. The van der Waals surface area contributed by atoms with Gasteiger partial charge in [0.1, 0.15) is 0 Å². The maximum Gasteiger partial charge on any atom is 0.266 e. The Kier molecular flexibility index (Phi) is 1.86. The van der Waals surface area contributed by atoms with E-state index in [2.05, 4.69) is 25.5 Å². The first kappa shape index (κ1) is 8.16. The molecule has 2 aliphatic rings. The standard InChI is InChI=1S/C8H13N5O/c1-2-6-7(3-1)14-5-4-13(6)8-9-11-12-10-8/h6-7H,1-5H2,(H,9,10,11,12). The number of aromatic nitrogens is 4. The molecule has 6 heteroatoms. The maximum absolute atomic E-state index is 5.70. The molecule has 6 nitrogen and oxygen atoms in total. The second-order valence-electron chi connectivity index (χ2n) is 3.81. The van der Waals surface area contributed by atoms with Crippen molar-refractivity contribution < 1.29 is 4.74 Å². The second-order valence-corrected chi connectivity index (χ2v) is 3.81. The van der Waals surface area contributed by atoms with Gasteiger partial charge >= 0.3 is 0 Å². The lowest BCUT2D eigenvalue weighted by Crippen LogP contribution is -2.49. The Labute approximate surface area is 81.6 Å². The number of H-pyrrole nitrogens is 1. The van der Waals surface area contributed by atoms with E-state index in [0.717, 1.165) is 13.2 Å². The van der Waals surface area contributed by atoms with Crippen molar-refractivity contribution in [1.82, 2.24) is 20.6 Å². The van der Waals surface area contributed by atoms with Crippen molar-refractivity contribution >= 4 is 5.95 Å². The van der Waals surface area contributed by atoms with Crippen LogP contribution in [0.15, 0.2) is 0 Å². The third-order valence-corrected chi connectivity index (χ3v) is 3.07. The van der Waals surface area contributed by atoms with Crippen molar-refractivity contribution in [3.63, 3.8) is 0 Å². The van der Waals surface area contributed by atoms with E-state index in [1.807, 2.05) is 0 Å². The zero-order valence-electron chi connectivity index (χ0n) is 7.89. The van der Waals surface area contributed by atoms with E-state index in [1.54, 1.807) is 0 Å². The van der Waals surface area contributed by atoms with Crippen LogP contribution in [0.25, 0.3) is 0 Å². The van der Waals surface area contributed by atoms with Gasteiger partial charge < -0.3 is 9.64 Å². The van der Waals surface area contributed by atoms with E-state index in [4.69, 9.17) is 4.74 Å². The first-order valence-corrected chi connectivity index (χ1v) is 5.07. The van der Waals surface area contributed by atoms with Crippen LogP contribution in [0.3, 0.4) is 0 Å². The fourth-order valence-corrected chi connectivity index (χ4v) is 2.45. The molecule has 1 N–H and O–H groups in total. The molecule has 2 unspecified atom stereocenters. The van der Waals surface area contributed by atoms with Crippen molar-refractivity contribution in [1.29, 1.82) is 0 Å². The highest BCUT2D eigenvalue weighted by atomic mass is 16.5. The van der Waals surface area contributed by atoms with E-state index < -0.39 is 0 Å². The summed E-state index contributed by atoms with van der Waals surface area (Å²) in [6.45, 7) is 1.65. The first-order valence-electron chi connectivity index (χ1n) is 5.07. The summed E-state index contributed by atoms with van der Waals surface area (Å²) in [6.07, 6.45) is 3.96. The smallest absolute Gasteiger partial charge is 0.266 e. The summed E-state index contributed by atoms with van der Waals surface area (Å²) in [7, 11) is 0. The Morgan fingerprint density at radius 1 is 1.43 bits per heavy atom. The van der Waals surface area contributed by atoms with Crippen LogP contribution in [0.4, 0.5) is 5.95 Å². The summed E-state index contributed by atoms with van der Waals surface area (Å²) in [5, 5.41) is 14.1. The first-order chi connectivity index (χ1) is 6.95. The number of hydrogen-bond acceptors (Lipinski definition) is 5. The molecule has 1 aliphatic carbocycles. The number of morpholine rings is 1. The van der Waals surface area contributed by atoms with E-state index in [0.29, 0.717) is 18.1 Å². The minimum atomic E-state index is 0.377. The van der Waals surface area contributed by atoms with Crippen LogP contribution in [0.1, 0.15) is 19.3 Å². The van der Waals surface area contributed by atoms with Gasteiger partial charge in [-0.15, -0.1) is 5.10 Å². The van der Waals surface area contributed by atoms with Crippen molar-refractivity contribution in [2.24, 2.45) is 0 Å². The number of anilines is 1. The van der Waals surface area contributed by atoms with Crippen LogP contribution in [0, 0.1) is 0 Å². The summed E-state index contributed by atoms with van der Waals surface area (Å²) >= 11 is 0. The Morgan fingerprint density at radius 3 is 3.29 bits per heavy atom. The van der Waals surface area contributed by atoms with Gasteiger partial charge in [0.2, 0.25) is 0 Å². The van der Waals surface area contributed by atoms with Gasteiger partial charge in [0.05, 0.1) is 18.8 Å². The predicted octanol–water partition coefficient (Wildman–Crippen LogP) is -0.0426. The van der Waals surface area contributed by atoms with Crippen LogP contribution in [0.2, 0.25) is 0 Å². The van der Waals surface area contributed by atoms with Gasteiger partial charge in [0, 0.05) is 6.54 Å². The molecule has 0 spiro atoms. The molecule has 0 amide bonds. The number of hydrogen-bond donors (Lipinski definition) is 1. The molecule has 2 heterocycles. The molecule has 1 aromatic rings. The number of nitrogens with one attached hydrogen (secondary N) is 1. The Balaban J connectivity index is 1.84. The highest BCUT2D eigenvalue weighted by molar-refractivity contribution is 5.30. The molecule has 1 aromatic heterocycles. The van der Waals surface area contributed by atoms with Gasteiger partial charge in [-0.25, -0.2) is 0 Å². The maximum atomic E-state index is 5.70. The van der Waals surface area contributed by atoms with Gasteiger partial charge in [-0.1, -0.05) is 5.10 Å². The Morgan fingerprint density at radius 2 is 2.43 bits per heavy atom. The van der Waals surface area contributed by atoms with Gasteiger partial charge in [-0.2, -0.15) is 5.21 Å². The van der Waals surface area contributed by atoms with Crippen molar-refractivity contribution in [3.05, 3.63) is 0 Å². The number of nitrogens with zero attached hydrogens (tertiary/aromatic N) is 4. The molecular weight excluding hydrogens is 182 g/mol. The summed E-state index contributed by atoms with van der Waals surface area (Å²) in [5.41, 5.74) is 0. The summed E-state index contributed by atoms with van der Waals surface area (Å²) in [4.78, 5) is 2.21. The van der Waals surface area contributed by atoms with Crippen LogP contribution in [-0.4, -0.2) is 45.9 Å². The summed E-state index contributed by atoms with van der Waals surface area (Å²) < 4.78 is 5.70. The van der Waals surface area contributed by atoms with Gasteiger partial charge in [0.15, 0.2) is 0 Å². The molecule has 14 heavy (non-hydrogen) atoms. The van der Waals surface area contributed by atoms with Crippen LogP contribution >= 0.6 is 0 Å². The highest BCUT2D eigenvalue weighted by Gasteiger charge is 2.37. The molecule has 3 rings (SSSR count). The highest BCUT2D eigenvalue weighted by Crippen LogP contribution is 2.31. The Bertz CT molecular complexity index is 301. The van der Waals surface area contributed by atoms with Crippen LogP contribution in [-0.2, 0) is 4.74 Å². The zero-order chi connectivity index (χ0) is 9.38. The van der Waals surface area contributed by atoms with Gasteiger partial charge in [-0.3, -0.25) is 0 Å². The normalized spacial score (nSPS) is 31.9. The zero-order valence-corrected chi connectivity index (χ0v) is 7.89. The number of aromatic amines is 1. The third kappa shape index (κ3) is 1.18. The molecule has 0 radical (unpaired) electrons. The minimum absolute atomic E-state index is 0.377. The number of fused-ring (bicyclic) bond motifs is 1. The molecule has 1 aliphatic heterocycles. The molecule has 76 valence electrons. The average molecular weight is 195 g/mol. The molecule has 2 fully saturated rings. The van der Waals surface area contributed by atoms with E-state index in [-0.39, 0.29) is 0 Å². The molecular formula is C8H13N5O. The fourth-order valence-electron chi connectivity index (χ4n) is 2.45. The molecule has 2 atom stereocenters. The summed E-state index contributed by atoms with van der Waals surface area (Å²) in [5.74, 6) is 0.713. The number of rotatable bonds is 1. The topological polar surface area (TPSA) is 66.9 Å². The van der Waals surface area contributed by atoms with Gasteiger partial charge in [-0.05, 0) is 24.5 Å². The van der Waals surface area contributed by atoms with Crippen LogP contribution in [0.5, 0.6) is 0 Å². The van der Waals surface area contributed by atoms with Crippen molar-refractivity contribution in [2.75, 3.05) is 18.1 Å². The summed E-state index contributed by atoms with van der Waals surface area (Å²) in [6, 6.07) is 0.460. The second kappa shape index (κ2) is 3.20. The number of tetrazole rings is 1. The molecule has 1 saturated heterocycles. The predicted molar refractivity (Wildman–Crippen MR) is 48.9 cm³/mol. The van der Waals surface area contributed by atoms with E-state index >= 15 is 0 Å². The lowest BCUT2D eigenvalue weighted by atomic mass is 10.1. The van der Waals surface area contributed by atoms with E-state index in [1.165, 1.54) is 19.3 Å². The fraction of sp³-hybridized carbons (Fsp3) is 0.875. The molecule has 0 aromatic carbocycles. The van der Waals surface area contributed by atoms with E-state index in [9.17, 15) is 0 Å². The van der Waals surface area contributed by atoms with Gasteiger partial charge in [0.25, 0.3) is 5.95 Å². The van der Waals surface area contributed by atoms with Crippen molar-refractivity contribution in [2.45, 2.75) is 31.4 Å². The quantitative estimate of drug-likeness (QED) is 0.681. The van der Waals surface area contributed by atoms with Crippen LogP contribution < -0.4 is 4.90 Å². The SMILES string of the molecule is C1CC2OCCN(c3nn[nH]n3)C2C1. The minimum Gasteiger partial charge on any atom is -0.374 e. The monoisotopic (exact) mass is 195 g/mol. The lowest BCUT2D eigenvalue weighted by Gasteiger charge is -2.36. The molecule has 1 saturated carbocycles. The lowest BCUT2D eigenvalue weighted by molar-refractivity contribution is 0.0250. The average Bonchev–Trinajstić information content (AvgIpc) is 2.88. The third-order valence-electron chi connectivity index (χ3n) is 3.07. The Hall–Kier alpha value is -1.17.